The van der Waals surface area contributed by atoms with Gasteiger partial charge in [0.1, 0.15) is 11.4 Å². The second-order valence-corrected chi connectivity index (χ2v) is 8.09. The van der Waals surface area contributed by atoms with E-state index < -0.39 is 0 Å². The largest absolute Gasteiger partial charge is 0.480 e. The molecule has 34 heavy (non-hydrogen) atoms. The van der Waals surface area contributed by atoms with E-state index in [1.807, 2.05) is 13.0 Å². The summed E-state index contributed by atoms with van der Waals surface area (Å²) in [5.41, 5.74) is 2.40. The van der Waals surface area contributed by atoms with Crippen molar-refractivity contribution in [1.82, 2.24) is 24.4 Å². The van der Waals surface area contributed by atoms with Crippen molar-refractivity contribution in [3.63, 3.8) is 0 Å². The van der Waals surface area contributed by atoms with E-state index >= 15 is 0 Å². The third kappa shape index (κ3) is 4.40. The number of hydrogen-bond acceptors (Lipinski definition) is 7. The Labute approximate surface area is 194 Å². The molecule has 0 spiro atoms. The van der Waals surface area contributed by atoms with Crippen LogP contribution < -0.4 is 20.1 Å². The summed E-state index contributed by atoms with van der Waals surface area (Å²) in [6.07, 6.45) is 3.49. The van der Waals surface area contributed by atoms with Crippen molar-refractivity contribution in [2.75, 3.05) is 17.7 Å². The number of nitrogens with one attached hydrogen (secondary N) is 2. The molecule has 1 aromatic carbocycles. The Balaban J connectivity index is 1.32. The van der Waals surface area contributed by atoms with Gasteiger partial charge < -0.3 is 20.1 Å². The Bertz CT molecular complexity index is 1400. The molecule has 1 fully saturated rings. The van der Waals surface area contributed by atoms with Crippen LogP contribution in [0.25, 0.3) is 5.65 Å². The molecule has 0 radical (unpaired) electrons. The van der Waals surface area contributed by atoms with Crippen molar-refractivity contribution in [2.24, 2.45) is 13.0 Å². The number of aromatic nitrogens is 5. The van der Waals surface area contributed by atoms with E-state index in [4.69, 9.17) is 9.47 Å². The van der Waals surface area contributed by atoms with Gasteiger partial charge in [-0.3, -0.25) is 14.3 Å². The van der Waals surface area contributed by atoms with Crippen LogP contribution in [0.2, 0.25) is 0 Å². The van der Waals surface area contributed by atoms with E-state index in [1.54, 1.807) is 48.1 Å². The minimum atomic E-state index is -0.322. The molecule has 3 heterocycles. The molecule has 0 aliphatic heterocycles. The molecule has 1 aliphatic carbocycles. The molecule has 174 valence electrons. The summed E-state index contributed by atoms with van der Waals surface area (Å²) < 4.78 is 14.0. The number of ether oxygens (including phenoxy) is 2. The maximum atomic E-state index is 12.7. The zero-order valence-electron chi connectivity index (χ0n) is 18.9. The zero-order valence-corrected chi connectivity index (χ0v) is 18.9. The van der Waals surface area contributed by atoms with Crippen LogP contribution in [-0.2, 0) is 11.8 Å². The summed E-state index contributed by atoms with van der Waals surface area (Å²) in [7, 11) is 3.17. The highest BCUT2D eigenvalue weighted by Gasteiger charge is 2.30. The van der Waals surface area contributed by atoms with Crippen LogP contribution in [0.4, 0.5) is 11.5 Å². The molecule has 11 nitrogen and oxygen atoms in total. The van der Waals surface area contributed by atoms with Crippen LogP contribution in [0.3, 0.4) is 0 Å². The third-order valence-electron chi connectivity index (χ3n) is 5.47. The first-order chi connectivity index (χ1) is 16.4. The van der Waals surface area contributed by atoms with E-state index in [2.05, 4.69) is 25.8 Å². The van der Waals surface area contributed by atoms with Crippen molar-refractivity contribution in [2.45, 2.75) is 19.8 Å². The summed E-state index contributed by atoms with van der Waals surface area (Å²) in [6.45, 7) is 1.89. The van der Waals surface area contributed by atoms with Gasteiger partial charge in [0, 0.05) is 36.9 Å². The highest BCUT2D eigenvalue weighted by atomic mass is 16.5. The van der Waals surface area contributed by atoms with Crippen LogP contribution in [0.15, 0.2) is 42.6 Å². The van der Waals surface area contributed by atoms with Crippen LogP contribution in [0.5, 0.6) is 17.5 Å². The van der Waals surface area contributed by atoms with Crippen molar-refractivity contribution in [3.8, 4) is 17.5 Å². The van der Waals surface area contributed by atoms with Crippen molar-refractivity contribution in [1.29, 1.82) is 0 Å². The molecule has 0 saturated heterocycles. The zero-order chi connectivity index (χ0) is 23.8. The highest BCUT2D eigenvalue weighted by molar-refractivity contribution is 6.03. The lowest BCUT2D eigenvalue weighted by Crippen LogP contribution is -2.16. The second-order valence-electron chi connectivity index (χ2n) is 8.09. The first-order valence-electron chi connectivity index (χ1n) is 10.7. The maximum Gasteiger partial charge on any atom is 0.274 e. The van der Waals surface area contributed by atoms with Gasteiger partial charge in [0.25, 0.3) is 5.91 Å². The number of nitrogens with zero attached hydrogens (tertiary/aromatic N) is 5. The fourth-order valence-corrected chi connectivity index (χ4v) is 3.41. The number of carbonyl (C=O) groups is 2. The molecule has 1 saturated carbocycles. The van der Waals surface area contributed by atoms with E-state index in [1.165, 1.54) is 11.8 Å². The Morgan fingerprint density at radius 2 is 1.88 bits per heavy atom. The van der Waals surface area contributed by atoms with Crippen LogP contribution in [-0.4, -0.2) is 43.3 Å². The average molecular weight is 461 g/mol. The van der Waals surface area contributed by atoms with E-state index in [0.29, 0.717) is 40.4 Å². The summed E-state index contributed by atoms with van der Waals surface area (Å²) in [4.78, 5) is 29.1. The first kappa shape index (κ1) is 21.4. The lowest BCUT2D eigenvalue weighted by Gasteiger charge is -2.11. The molecule has 4 aromatic rings. The standard InChI is InChI=1S/C23H23N7O4/c1-13-4-7-15(10-16(13)24-23(32)17-11-21(33-3)27-29(17)2)34-20-9-8-19-25-18(12-30(19)28-20)26-22(31)14-5-6-14/h4,7-12,14H,5-6H2,1-3H3,(H,24,32)(H,26,31). The lowest BCUT2D eigenvalue weighted by molar-refractivity contribution is -0.117. The molecule has 0 bridgehead atoms. The predicted octanol–water partition coefficient (Wildman–Crippen LogP) is 3.17. The van der Waals surface area contributed by atoms with E-state index in [9.17, 15) is 9.59 Å². The summed E-state index contributed by atoms with van der Waals surface area (Å²) in [6, 6.07) is 10.4. The van der Waals surface area contributed by atoms with Gasteiger partial charge in [-0.1, -0.05) is 6.07 Å². The quantitative estimate of drug-likeness (QED) is 0.433. The van der Waals surface area contributed by atoms with Gasteiger partial charge >= 0.3 is 0 Å². The molecule has 2 amide bonds. The Morgan fingerprint density at radius 3 is 2.62 bits per heavy atom. The lowest BCUT2D eigenvalue weighted by atomic mass is 10.2. The van der Waals surface area contributed by atoms with Gasteiger partial charge in [0.05, 0.1) is 13.3 Å². The summed E-state index contributed by atoms with van der Waals surface area (Å²) in [5.74, 6) is 1.40. The van der Waals surface area contributed by atoms with Gasteiger partial charge in [-0.25, -0.2) is 9.50 Å². The van der Waals surface area contributed by atoms with Crippen molar-refractivity contribution >= 4 is 29.0 Å². The topological polar surface area (TPSA) is 125 Å². The highest BCUT2D eigenvalue weighted by Crippen LogP contribution is 2.30. The number of amides is 2. The van der Waals surface area contributed by atoms with Crippen molar-refractivity contribution in [3.05, 3.63) is 53.9 Å². The van der Waals surface area contributed by atoms with Gasteiger partial charge in [-0.15, -0.1) is 10.2 Å². The second kappa shape index (κ2) is 8.50. The maximum absolute atomic E-state index is 12.7. The molecule has 0 unspecified atom stereocenters. The van der Waals surface area contributed by atoms with Crippen LogP contribution in [0, 0.1) is 12.8 Å². The number of imidazole rings is 1. The molecule has 1 aliphatic rings. The molecular formula is C23H23N7O4. The summed E-state index contributed by atoms with van der Waals surface area (Å²) in [5, 5.41) is 14.2. The van der Waals surface area contributed by atoms with Crippen LogP contribution >= 0.6 is 0 Å². The molecule has 2 N–H and O–H groups in total. The fourth-order valence-electron chi connectivity index (χ4n) is 3.41. The number of fused-ring (bicyclic) bond motifs is 1. The number of benzene rings is 1. The Morgan fingerprint density at radius 1 is 1.06 bits per heavy atom. The number of aryl methyl sites for hydroxylation is 2. The Hall–Kier alpha value is -4.41. The van der Waals surface area contributed by atoms with Crippen molar-refractivity contribution < 1.29 is 19.1 Å². The number of anilines is 2. The van der Waals surface area contributed by atoms with Crippen LogP contribution in [0.1, 0.15) is 28.9 Å². The molecule has 3 aromatic heterocycles. The molecular weight excluding hydrogens is 438 g/mol. The van der Waals surface area contributed by atoms with Gasteiger partial charge in [-0.05, 0) is 37.5 Å². The number of carbonyl (C=O) groups excluding carboxylic acids is 2. The minimum Gasteiger partial charge on any atom is -0.480 e. The number of rotatable bonds is 7. The fraction of sp³-hybridized carbons (Fsp3) is 0.261. The monoisotopic (exact) mass is 461 g/mol. The average Bonchev–Trinajstić information content (AvgIpc) is 3.49. The van der Waals surface area contributed by atoms with Gasteiger partial charge in [-0.2, -0.15) is 0 Å². The molecule has 11 heteroatoms. The smallest absolute Gasteiger partial charge is 0.274 e. The Kier molecular flexibility index (Phi) is 5.36. The third-order valence-corrected chi connectivity index (χ3v) is 5.47. The van der Waals surface area contributed by atoms with E-state index in [-0.39, 0.29) is 17.7 Å². The predicted molar refractivity (Wildman–Crippen MR) is 123 cm³/mol. The SMILES string of the molecule is COc1cc(C(=O)Nc2cc(Oc3ccc4nc(NC(=O)C5CC5)cn4n3)ccc2C)n(C)n1. The normalized spacial score (nSPS) is 13.0. The van der Waals surface area contributed by atoms with Gasteiger partial charge in [0.2, 0.25) is 17.7 Å². The van der Waals surface area contributed by atoms with Gasteiger partial charge in [0.15, 0.2) is 11.5 Å². The molecule has 0 atom stereocenters. The van der Waals surface area contributed by atoms with E-state index in [0.717, 1.165) is 18.4 Å². The summed E-state index contributed by atoms with van der Waals surface area (Å²) >= 11 is 0. The first-order valence-corrected chi connectivity index (χ1v) is 10.7. The minimum absolute atomic E-state index is 0.0151. The number of hydrogen-bond donors (Lipinski definition) is 2. The number of methoxy groups -OCH3 is 1. The molecule has 5 rings (SSSR count).